The molecular formula is C17H14BrClO2. The molecule has 1 fully saturated rings. The van der Waals surface area contributed by atoms with E-state index in [1.165, 1.54) is 7.11 Å². The fourth-order valence-electron chi connectivity index (χ4n) is 3.01. The molecule has 0 heterocycles. The Morgan fingerprint density at radius 2 is 2.00 bits per heavy atom. The molecular weight excluding hydrogens is 352 g/mol. The first-order chi connectivity index (χ1) is 10.1. The van der Waals surface area contributed by atoms with Gasteiger partial charge in [0, 0.05) is 15.4 Å². The number of esters is 1. The SMILES string of the molecule is COC(=O)[C@@]1(c2cc(Br)ccc2Cl)C[C@@H]1c1ccccc1. The van der Waals surface area contributed by atoms with Gasteiger partial charge in [0.25, 0.3) is 0 Å². The predicted molar refractivity (Wildman–Crippen MR) is 86.6 cm³/mol. The Labute approximate surface area is 137 Å². The van der Waals surface area contributed by atoms with Gasteiger partial charge in [-0.15, -0.1) is 0 Å². The molecule has 21 heavy (non-hydrogen) atoms. The number of hydrogen-bond donors (Lipinski definition) is 0. The molecule has 0 radical (unpaired) electrons. The Kier molecular flexibility index (Phi) is 3.80. The van der Waals surface area contributed by atoms with E-state index >= 15 is 0 Å². The van der Waals surface area contributed by atoms with Crippen molar-refractivity contribution in [2.45, 2.75) is 17.8 Å². The van der Waals surface area contributed by atoms with Crippen LogP contribution in [0.5, 0.6) is 0 Å². The van der Waals surface area contributed by atoms with Gasteiger partial charge in [-0.25, -0.2) is 0 Å². The van der Waals surface area contributed by atoms with Crippen LogP contribution in [0.1, 0.15) is 23.5 Å². The largest absolute Gasteiger partial charge is 0.468 e. The van der Waals surface area contributed by atoms with Crippen molar-refractivity contribution in [1.29, 1.82) is 0 Å². The summed E-state index contributed by atoms with van der Waals surface area (Å²) in [5.74, 6) is -0.116. The van der Waals surface area contributed by atoms with Crippen LogP contribution in [0, 0.1) is 0 Å². The van der Waals surface area contributed by atoms with E-state index in [9.17, 15) is 4.79 Å². The molecule has 4 heteroatoms. The molecule has 0 unspecified atom stereocenters. The van der Waals surface area contributed by atoms with Crippen molar-refractivity contribution >= 4 is 33.5 Å². The van der Waals surface area contributed by atoms with Gasteiger partial charge in [-0.2, -0.15) is 0 Å². The van der Waals surface area contributed by atoms with Gasteiger partial charge in [-0.1, -0.05) is 57.9 Å². The molecule has 3 rings (SSSR count). The average molecular weight is 366 g/mol. The molecule has 0 aliphatic heterocycles. The average Bonchev–Trinajstić information content (AvgIpc) is 3.26. The van der Waals surface area contributed by atoms with Crippen molar-refractivity contribution in [2.75, 3.05) is 7.11 Å². The molecule has 1 saturated carbocycles. The summed E-state index contributed by atoms with van der Waals surface area (Å²) >= 11 is 9.80. The summed E-state index contributed by atoms with van der Waals surface area (Å²) in [6, 6.07) is 15.6. The van der Waals surface area contributed by atoms with Gasteiger partial charge >= 0.3 is 5.97 Å². The number of benzene rings is 2. The van der Waals surface area contributed by atoms with Crippen LogP contribution in [-0.4, -0.2) is 13.1 Å². The molecule has 0 aromatic heterocycles. The van der Waals surface area contributed by atoms with Crippen LogP contribution < -0.4 is 0 Å². The van der Waals surface area contributed by atoms with Gasteiger partial charge in [-0.05, 0) is 35.7 Å². The van der Waals surface area contributed by atoms with Crippen LogP contribution in [0.15, 0.2) is 53.0 Å². The minimum Gasteiger partial charge on any atom is -0.468 e. The summed E-state index contributed by atoms with van der Waals surface area (Å²) in [5.41, 5.74) is 1.30. The quantitative estimate of drug-likeness (QED) is 0.737. The minimum absolute atomic E-state index is 0.109. The highest BCUT2D eigenvalue weighted by molar-refractivity contribution is 9.10. The van der Waals surface area contributed by atoms with E-state index in [1.54, 1.807) is 0 Å². The predicted octanol–water partition coefficient (Wildman–Crippen LogP) is 4.70. The van der Waals surface area contributed by atoms with Crippen molar-refractivity contribution in [3.63, 3.8) is 0 Å². The number of carbonyl (C=O) groups is 1. The monoisotopic (exact) mass is 364 g/mol. The van der Waals surface area contributed by atoms with E-state index < -0.39 is 5.41 Å². The molecule has 0 N–H and O–H groups in total. The highest BCUT2D eigenvalue weighted by atomic mass is 79.9. The van der Waals surface area contributed by atoms with Crippen molar-refractivity contribution in [3.8, 4) is 0 Å². The molecule has 108 valence electrons. The number of methoxy groups -OCH3 is 1. The molecule has 1 aliphatic carbocycles. The number of hydrogen-bond acceptors (Lipinski definition) is 2. The molecule has 2 aromatic rings. The third kappa shape index (κ3) is 2.39. The minimum atomic E-state index is -0.670. The zero-order valence-electron chi connectivity index (χ0n) is 11.5. The summed E-state index contributed by atoms with van der Waals surface area (Å²) in [7, 11) is 1.43. The fraction of sp³-hybridized carbons (Fsp3) is 0.235. The second-order valence-corrected chi connectivity index (χ2v) is 6.58. The lowest BCUT2D eigenvalue weighted by Gasteiger charge is -2.17. The lowest BCUT2D eigenvalue weighted by molar-refractivity contribution is -0.143. The molecule has 1 aliphatic rings. The van der Waals surface area contributed by atoms with Gasteiger partial charge in [0.15, 0.2) is 0 Å². The third-order valence-corrected chi connectivity index (χ3v) is 4.94. The van der Waals surface area contributed by atoms with Crippen LogP contribution in [0.2, 0.25) is 5.02 Å². The van der Waals surface area contributed by atoms with E-state index in [0.717, 1.165) is 22.0 Å². The maximum atomic E-state index is 12.4. The lowest BCUT2D eigenvalue weighted by Crippen LogP contribution is -2.24. The zero-order valence-corrected chi connectivity index (χ0v) is 13.8. The molecule has 0 spiro atoms. The standard InChI is InChI=1S/C17H14BrClO2/c1-21-16(20)17(13-9-12(18)7-8-15(13)19)10-14(17)11-5-3-2-4-6-11/h2-9,14H,10H2,1H3/t14-,17-/m1/s1. The summed E-state index contributed by atoms with van der Waals surface area (Å²) in [4.78, 5) is 12.4. The second kappa shape index (κ2) is 5.47. The van der Waals surface area contributed by atoms with E-state index in [1.807, 2.05) is 48.5 Å². The first kappa shape index (κ1) is 14.6. The molecule has 2 nitrogen and oxygen atoms in total. The molecule has 2 atom stereocenters. The van der Waals surface area contributed by atoms with Gasteiger partial charge < -0.3 is 4.74 Å². The van der Waals surface area contributed by atoms with E-state index in [2.05, 4.69) is 15.9 Å². The summed E-state index contributed by atoms with van der Waals surface area (Å²) < 4.78 is 5.97. The van der Waals surface area contributed by atoms with Crippen LogP contribution >= 0.6 is 27.5 Å². The topological polar surface area (TPSA) is 26.3 Å². The Morgan fingerprint density at radius 1 is 1.29 bits per heavy atom. The molecule has 0 bridgehead atoms. The molecule has 0 amide bonds. The number of halogens is 2. The van der Waals surface area contributed by atoms with Crippen molar-refractivity contribution < 1.29 is 9.53 Å². The highest BCUT2D eigenvalue weighted by Crippen LogP contribution is 2.62. The Balaban J connectivity index is 2.09. The summed E-state index contributed by atoms with van der Waals surface area (Å²) in [5, 5.41) is 0.599. The van der Waals surface area contributed by atoms with Crippen LogP contribution in [-0.2, 0) is 14.9 Å². The maximum absolute atomic E-state index is 12.4. The Hall–Kier alpha value is -1.32. The van der Waals surface area contributed by atoms with Crippen molar-refractivity contribution in [1.82, 2.24) is 0 Å². The van der Waals surface area contributed by atoms with Gasteiger partial charge in [0.2, 0.25) is 0 Å². The van der Waals surface area contributed by atoms with Gasteiger partial charge in [0.05, 0.1) is 7.11 Å². The third-order valence-electron chi connectivity index (χ3n) is 4.12. The Bertz CT molecular complexity index is 686. The van der Waals surface area contributed by atoms with Crippen LogP contribution in [0.3, 0.4) is 0 Å². The van der Waals surface area contributed by atoms with Gasteiger partial charge in [0.1, 0.15) is 5.41 Å². The summed E-state index contributed by atoms with van der Waals surface area (Å²) in [6.45, 7) is 0. The number of carbonyl (C=O) groups excluding carboxylic acids is 1. The smallest absolute Gasteiger partial charge is 0.316 e. The van der Waals surface area contributed by atoms with Crippen molar-refractivity contribution in [2.24, 2.45) is 0 Å². The normalized spacial score (nSPS) is 23.7. The number of rotatable bonds is 3. The molecule has 2 aromatic carbocycles. The van der Waals surface area contributed by atoms with Crippen molar-refractivity contribution in [3.05, 3.63) is 69.2 Å². The van der Waals surface area contributed by atoms with E-state index in [-0.39, 0.29) is 11.9 Å². The maximum Gasteiger partial charge on any atom is 0.316 e. The van der Waals surface area contributed by atoms with E-state index in [4.69, 9.17) is 16.3 Å². The first-order valence-electron chi connectivity index (χ1n) is 6.68. The first-order valence-corrected chi connectivity index (χ1v) is 7.85. The second-order valence-electron chi connectivity index (χ2n) is 5.25. The Morgan fingerprint density at radius 3 is 2.67 bits per heavy atom. The summed E-state index contributed by atoms with van der Waals surface area (Å²) in [6.07, 6.45) is 0.722. The zero-order chi connectivity index (χ0) is 15.0. The highest BCUT2D eigenvalue weighted by Gasteiger charge is 2.63. The van der Waals surface area contributed by atoms with E-state index in [0.29, 0.717) is 5.02 Å². The lowest BCUT2D eigenvalue weighted by atomic mass is 9.90. The fourth-order valence-corrected chi connectivity index (χ4v) is 3.65. The van der Waals surface area contributed by atoms with Crippen LogP contribution in [0.25, 0.3) is 0 Å². The molecule has 0 saturated heterocycles. The number of ether oxygens (including phenoxy) is 1. The van der Waals surface area contributed by atoms with Gasteiger partial charge in [-0.3, -0.25) is 4.79 Å². The van der Waals surface area contributed by atoms with Crippen LogP contribution in [0.4, 0.5) is 0 Å².